The van der Waals surface area contributed by atoms with E-state index >= 15 is 0 Å². The molecular weight excluding hydrogens is 218 g/mol. The van der Waals surface area contributed by atoms with Crippen LogP contribution in [-0.2, 0) is 9.53 Å². The van der Waals surface area contributed by atoms with Crippen molar-refractivity contribution in [2.45, 2.75) is 25.8 Å². The minimum Gasteiger partial charge on any atom is -0.384 e. The maximum Gasteiger partial charge on any atom is 0.221 e. The largest absolute Gasteiger partial charge is 0.384 e. The lowest BCUT2D eigenvalue weighted by Crippen LogP contribution is -2.43. The molecule has 0 radical (unpaired) electrons. The molecular formula is C12H25N3O2. The summed E-state index contributed by atoms with van der Waals surface area (Å²) in [5, 5.41) is 2.82. The third-order valence-corrected chi connectivity index (χ3v) is 3.30. The fourth-order valence-electron chi connectivity index (χ4n) is 2.41. The van der Waals surface area contributed by atoms with Gasteiger partial charge in [0.2, 0.25) is 5.91 Å². The molecule has 0 aromatic rings. The molecule has 1 heterocycles. The van der Waals surface area contributed by atoms with Crippen LogP contribution in [0.25, 0.3) is 0 Å². The Morgan fingerprint density at radius 1 is 1.65 bits per heavy atom. The summed E-state index contributed by atoms with van der Waals surface area (Å²) in [5.74, 6) is 0.682. The SMILES string of the molecule is CCNC(=O)CC(CN)N1CCC(COC)C1. The first kappa shape index (κ1) is 14.4. The Morgan fingerprint density at radius 3 is 3.00 bits per heavy atom. The number of ether oxygens (including phenoxy) is 1. The van der Waals surface area contributed by atoms with Gasteiger partial charge in [-0.3, -0.25) is 9.69 Å². The van der Waals surface area contributed by atoms with E-state index in [4.69, 9.17) is 10.5 Å². The number of likely N-dealkylation sites (tertiary alicyclic amines) is 1. The van der Waals surface area contributed by atoms with Crippen LogP contribution >= 0.6 is 0 Å². The molecule has 1 rings (SSSR count). The maximum atomic E-state index is 11.6. The Labute approximate surface area is 104 Å². The highest BCUT2D eigenvalue weighted by Gasteiger charge is 2.28. The van der Waals surface area contributed by atoms with Crippen LogP contribution < -0.4 is 11.1 Å². The van der Waals surface area contributed by atoms with Gasteiger partial charge in [0.1, 0.15) is 0 Å². The first-order valence-electron chi connectivity index (χ1n) is 6.41. The average Bonchev–Trinajstić information content (AvgIpc) is 2.75. The van der Waals surface area contributed by atoms with Gasteiger partial charge in [0, 0.05) is 39.2 Å². The normalized spacial score (nSPS) is 22.6. The average molecular weight is 243 g/mol. The minimum atomic E-state index is 0.0955. The van der Waals surface area contributed by atoms with Crippen LogP contribution in [0.3, 0.4) is 0 Å². The first-order chi connectivity index (χ1) is 8.21. The molecule has 100 valence electrons. The van der Waals surface area contributed by atoms with E-state index in [-0.39, 0.29) is 11.9 Å². The molecule has 2 unspecified atom stereocenters. The molecule has 5 nitrogen and oxygen atoms in total. The standard InChI is InChI=1S/C12H25N3O2/c1-3-14-12(16)6-11(7-13)15-5-4-10(8-15)9-17-2/h10-11H,3-9,13H2,1-2H3,(H,14,16). The summed E-state index contributed by atoms with van der Waals surface area (Å²) in [4.78, 5) is 13.9. The van der Waals surface area contributed by atoms with Crippen molar-refractivity contribution in [1.29, 1.82) is 0 Å². The first-order valence-corrected chi connectivity index (χ1v) is 6.41. The molecule has 0 saturated carbocycles. The van der Waals surface area contributed by atoms with Crippen molar-refractivity contribution < 1.29 is 9.53 Å². The van der Waals surface area contributed by atoms with Gasteiger partial charge in [0.15, 0.2) is 0 Å². The minimum absolute atomic E-state index is 0.0955. The molecule has 1 amide bonds. The van der Waals surface area contributed by atoms with Gasteiger partial charge < -0.3 is 15.8 Å². The molecule has 1 aliphatic rings. The number of carbonyl (C=O) groups is 1. The van der Waals surface area contributed by atoms with Crippen LogP contribution in [0.2, 0.25) is 0 Å². The third-order valence-electron chi connectivity index (χ3n) is 3.30. The van der Waals surface area contributed by atoms with Gasteiger partial charge >= 0.3 is 0 Å². The van der Waals surface area contributed by atoms with Crippen LogP contribution in [0.1, 0.15) is 19.8 Å². The summed E-state index contributed by atoms with van der Waals surface area (Å²) < 4.78 is 5.17. The van der Waals surface area contributed by atoms with E-state index in [1.807, 2.05) is 6.92 Å². The molecule has 0 aromatic heterocycles. The van der Waals surface area contributed by atoms with Gasteiger partial charge in [-0.1, -0.05) is 0 Å². The fourth-order valence-corrected chi connectivity index (χ4v) is 2.41. The van der Waals surface area contributed by atoms with E-state index in [0.29, 0.717) is 25.4 Å². The molecule has 3 N–H and O–H groups in total. The third kappa shape index (κ3) is 4.61. The lowest BCUT2D eigenvalue weighted by Gasteiger charge is -2.26. The van der Waals surface area contributed by atoms with E-state index in [1.165, 1.54) is 0 Å². The number of hydrogen-bond donors (Lipinski definition) is 2. The van der Waals surface area contributed by atoms with Gasteiger partial charge in [0.05, 0.1) is 6.61 Å². The zero-order valence-electron chi connectivity index (χ0n) is 10.9. The number of hydrogen-bond acceptors (Lipinski definition) is 4. The summed E-state index contributed by atoms with van der Waals surface area (Å²) in [6, 6.07) is 0.170. The zero-order chi connectivity index (χ0) is 12.7. The van der Waals surface area contributed by atoms with Crippen molar-refractivity contribution in [2.24, 2.45) is 11.7 Å². The Hall–Kier alpha value is -0.650. The number of amides is 1. The van der Waals surface area contributed by atoms with E-state index in [1.54, 1.807) is 7.11 Å². The lowest BCUT2D eigenvalue weighted by molar-refractivity contribution is -0.122. The van der Waals surface area contributed by atoms with Crippen LogP contribution in [0.5, 0.6) is 0 Å². The van der Waals surface area contributed by atoms with Crippen molar-refractivity contribution in [3.63, 3.8) is 0 Å². The molecule has 1 aliphatic heterocycles. The predicted octanol–water partition coefficient (Wildman–Crippen LogP) is -0.192. The van der Waals surface area contributed by atoms with Crippen molar-refractivity contribution in [1.82, 2.24) is 10.2 Å². The van der Waals surface area contributed by atoms with E-state index in [0.717, 1.165) is 26.1 Å². The predicted molar refractivity (Wildman–Crippen MR) is 67.7 cm³/mol. The molecule has 17 heavy (non-hydrogen) atoms. The molecule has 2 atom stereocenters. The Balaban J connectivity index is 2.38. The zero-order valence-corrected chi connectivity index (χ0v) is 10.9. The van der Waals surface area contributed by atoms with Gasteiger partial charge in [-0.25, -0.2) is 0 Å². The highest BCUT2D eigenvalue weighted by atomic mass is 16.5. The highest BCUT2D eigenvalue weighted by molar-refractivity contribution is 5.76. The summed E-state index contributed by atoms with van der Waals surface area (Å²) >= 11 is 0. The van der Waals surface area contributed by atoms with Gasteiger partial charge in [-0.15, -0.1) is 0 Å². The molecule has 0 aromatic carbocycles. The Kier molecular flexibility index (Phi) is 6.47. The van der Waals surface area contributed by atoms with Crippen molar-refractivity contribution in [3.05, 3.63) is 0 Å². The monoisotopic (exact) mass is 243 g/mol. The van der Waals surface area contributed by atoms with Crippen LogP contribution in [0, 0.1) is 5.92 Å². The molecule has 5 heteroatoms. The van der Waals surface area contributed by atoms with E-state index in [2.05, 4.69) is 10.2 Å². The number of rotatable bonds is 7. The number of nitrogens with two attached hydrogens (primary N) is 1. The summed E-state index contributed by atoms with van der Waals surface area (Å²) in [6.45, 7) is 5.97. The second-order valence-electron chi connectivity index (χ2n) is 4.65. The van der Waals surface area contributed by atoms with Crippen LogP contribution in [0.4, 0.5) is 0 Å². The van der Waals surface area contributed by atoms with Crippen LogP contribution in [0.15, 0.2) is 0 Å². The fraction of sp³-hybridized carbons (Fsp3) is 0.917. The molecule has 1 saturated heterocycles. The van der Waals surface area contributed by atoms with Gasteiger partial charge in [-0.2, -0.15) is 0 Å². The lowest BCUT2D eigenvalue weighted by atomic mass is 10.1. The second kappa shape index (κ2) is 7.63. The molecule has 0 bridgehead atoms. The van der Waals surface area contributed by atoms with Crippen molar-refractivity contribution in [3.8, 4) is 0 Å². The van der Waals surface area contributed by atoms with Crippen LogP contribution in [-0.4, -0.2) is 56.7 Å². The molecule has 0 aliphatic carbocycles. The summed E-state index contributed by atoms with van der Waals surface area (Å²) in [7, 11) is 1.73. The summed E-state index contributed by atoms with van der Waals surface area (Å²) in [5.41, 5.74) is 5.76. The smallest absolute Gasteiger partial charge is 0.221 e. The second-order valence-corrected chi connectivity index (χ2v) is 4.65. The van der Waals surface area contributed by atoms with E-state index < -0.39 is 0 Å². The summed E-state index contributed by atoms with van der Waals surface area (Å²) in [6.07, 6.45) is 1.64. The molecule has 1 fully saturated rings. The maximum absolute atomic E-state index is 11.6. The van der Waals surface area contributed by atoms with Gasteiger partial charge in [-0.05, 0) is 25.8 Å². The van der Waals surface area contributed by atoms with Crippen molar-refractivity contribution in [2.75, 3.05) is 39.9 Å². The van der Waals surface area contributed by atoms with E-state index in [9.17, 15) is 4.79 Å². The van der Waals surface area contributed by atoms with Gasteiger partial charge in [0.25, 0.3) is 0 Å². The quantitative estimate of drug-likeness (QED) is 0.650. The Bertz CT molecular complexity index is 236. The topological polar surface area (TPSA) is 67.6 Å². The Morgan fingerprint density at radius 2 is 2.41 bits per heavy atom. The number of carbonyl (C=O) groups excluding carboxylic acids is 1. The highest BCUT2D eigenvalue weighted by Crippen LogP contribution is 2.19. The molecule has 0 spiro atoms. The number of nitrogens with zero attached hydrogens (tertiary/aromatic N) is 1. The van der Waals surface area contributed by atoms with Crippen molar-refractivity contribution >= 4 is 5.91 Å². The number of nitrogens with one attached hydrogen (secondary N) is 1. The number of methoxy groups -OCH3 is 1.